The van der Waals surface area contributed by atoms with Gasteiger partial charge in [-0.05, 0) is 36.6 Å². The quantitative estimate of drug-likeness (QED) is 0.785. The summed E-state index contributed by atoms with van der Waals surface area (Å²) in [7, 11) is 0. The smallest absolute Gasteiger partial charge is 0.356 e. The molecule has 26 heavy (non-hydrogen) atoms. The number of hydrogen-bond donors (Lipinski definition) is 1. The summed E-state index contributed by atoms with van der Waals surface area (Å²) in [4.78, 5) is 4.19. The molecule has 1 unspecified atom stereocenters. The summed E-state index contributed by atoms with van der Waals surface area (Å²) < 4.78 is 49.0. The summed E-state index contributed by atoms with van der Waals surface area (Å²) in [6.45, 7) is -0.0457. The highest BCUT2D eigenvalue weighted by atomic mass is 35.5. The van der Waals surface area contributed by atoms with Crippen LogP contribution in [0.1, 0.15) is 24.8 Å². The summed E-state index contributed by atoms with van der Waals surface area (Å²) in [5, 5.41) is 10.8. The maximum atomic E-state index is 14.5. The molecule has 1 aromatic carbocycles. The zero-order chi connectivity index (χ0) is 18.5. The van der Waals surface area contributed by atoms with Gasteiger partial charge in [0, 0.05) is 29.0 Å². The van der Waals surface area contributed by atoms with Crippen molar-refractivity contribution in [3.8, 4) is 0 Å². The first-order valence-electron chi connectivity index (χ1n) is 8.30. The Bertz CT molecular complexity index is 830. The molecule has 1 atom stereocenters. The van der Waals surface area contributed by atoms with Gasteiger partial charge in [-0.3, -0.25) is 5.21 Å². The number of amidine groups is 1. The third-order valence-corrected chi connectivity index (χ3v) is 5.07. The molecule has 0 saturated heterocycles. The Hall–Kier alpha value is -1.83. The van der Waals surface area contributed by atoms with E-state index in [0.717, 1.165) is 12.8 Å². The highest BCUT2D eigenvalue weighted by molar-refractivity contribution is 6.30. The minimum Gasteiger partial charge on any atom is -0.356 e. The standard InChI is InChI=1S/C18H16ClF3N2O2/c19-12-5-6-15-14(10-12)17(18(20,21)22,26-9-7-11-3-4-11)13-2-1-8-24(25)16(13)23-15/h1-2,5-6,8,10-11,25H,3-4,7,9H2. The summed E-state index contributed by atoms with van der Waals surface area (Å²) in [5.41, 5.74) is -3.07. The molecule has 4 nitrogen and oxygen atoms in total. The fraction of sp³-hybridized carbons (Fsp3) is 0.389. The average Bonchev–Trinajstić information content (AvgIpc) is 3.38. The topological polar surface area (TPSA) is 45.1 Å². The van der Waals surface area contributed by atoms with Crippen molar-refractivity contribution >= 4 is 23.1 Å². The predicted molar refractivity (Wildman–Crippen MR) is 90.4 cm³/mol. The van der Waals surface area contributed by atoms with E-state index in [-0.39, 0.29) is 34.3 Å². The highest BCUT2D eigenvalue weighted by Gasteiger charge is 2.63. The van der Waals surface area contributed by atoms with Gasteiger partial charge in [0.25, 0.3) is 0 Å². The Morgan fingerprint density at radius 3 is 2.81 bits per heavy atom. The lowest BCUT2D eigenvalue weighted by Gasteiger charge is -2.42. The maximum Gasteiger partial charge on any atom is 0.426 e. The van der Waals surface area contributed by atoms with Crippen molar-refractivity contribution in [3.05, 3.63) is 52.7 Å². The lowest BCUT2D eigenvalue weighted by molar-refractivity contribution is -0.267. The second-order valence-electron chi connectivity index (χ2n) is 6.62. The van der Waals surface area contributed by atoms with Crippen LogP contribution >= 0.6 is 11.6 Å². The lowest BCUT2D eigenvalue weighted by Crippen LogP contribution is -2.52. The molecular formula is C18H16ClF3N2O2. The number of fused-ring (bicyclic) bond motifs is 2. The van der Waals surface area contributed by atoms with Crippen molar-refractivity contribution in [1.29, 1.82) is 0 Å². The van der Waals surface area contributed by atoms with Gasteiger partial charge in [-0.1, -0.05) is 30.5 Å². The van der Waals surface area contributed by atoms with E-state index in [1.165, 1.54) is 36.6 Å². The van der Waals surface area contributed by atoms with Crippen molar-refractivity contribution in [2.75, 3.05) is 6.61 Å². The average molecular weight is 385 g/mol. The van der Waals surface area contributed by atoms with Crippen molar-refractivity contribution in [2.24, 2.45) is 10.9 Å². The van der Waals surface area contributed by atoms with Gasteiger partial charge in [-0.2, -0.15) is 13.2 Å². The van der Waals surface area contributed by atoms with Crippen molar-refractivity contribution in [3.63, 3.8) is 0 Å². The summed E-state index contributed by atoms with van der Waals surface area (Å²) in [6, 6.07) is 4.10. The van der Waals surface area contributed by atoms with Crippen LogP contribution in [0.2, 0.25) is 5.02 Å². The molecule has 4 rings (SSSR count). The van der Waals surface area contributed by atoms with Gasteiger partial charge in [0.1, 0.15) is 0 Å². The second-order valence-corrected chi connectivity index (χ2v) is 7.06. The van der Waals surface area contributed by atoms with Crippen LogP contribution in [0.5, 0.6) is 0 Å². The van der Waals surface area contributed by atoms with Crippen LogP contribution in [0.4, 0.5) is 18.9 Å². The zero-order valence-corrected chi connectivity index (χ0v) is 14.4. The normalized spacial score (nSPS) is 24.7. The minimum absolute atomic E-state index is 0.0457. The minimum atomic E-state index is -4.77. The van der Waals surface area contributed by atoms with Gasteiger partial charge in [0.05, 0.1) is 5.69 Å². The molecule has 8 heteroatoms. The molecule has 0 radical (unpaired) electrons. The number of benzene rings is 1. The molecular weight excluding hydrogens is 369 g/mol. The molecule has 1 fully saturated rings. The molecule has 0 bridgehead atoms. The molecule has 1 aromatic rings. The van der Waals surface area contributed by atoms with Crippen LogP contribution in [-0.2, 0) is 10.3 Å². The van der Waals surface area contributed by atoms with Gasteiger partial charge in [-0.15, -0.1) is 0 Å². The second kappa shape index (κ2) is 6.11. The number of alkyl halides is 3. The first-order valence-corrected chi connectivity index (χ1v) is 8.67. The predicted octanol–water partition coefficient (Wildman–Crippen LogP) is 5.10. The largest absolute Gasteiger partial charge is 0.426 e. The number of halogens is 4. The molecule has 1 N–H and O–H groups in total. The van der Waals surface area contributed by atoms with E-state index in [9.17, 15) is 18.4 Å². The third-order valence-electron chi connectivity index (χ3n) is 4.83. The van der Waals surface area contributed by atoms with E-state index < -0.39 is 11.8 Å². The molecule has 138 valence electrons. The first-order chi connectivity index (χ1) is 12.3. The zero-order valence-electron chi connectivity index (χ0n) is 13.6. The summed E-state index contributed by atoms with van der Waals surface area (Å²) in [5.74, 6) is 0.219. The van der Waals surface area contributed by atoms with E-state index >= 15 is 0 Å². The molecule has 1 aliphatic carbocycles. The molecule has 2 aliphatic heterocycles. The number of ether oxygens (including phenoxy) is 1. The summed E-state index contributed by atoms with van der Waals surface area (Å²) >= 11 is 5.99. The van der Waals surface area contributed by atoms with Crippen LogP contribution in [0.15, 0.2) is 47.1 Å². The Labute approximate surface area is 153 Å². The van der Waals surface area contributed by atoms with Crippen LogP contribution in [0.3, 0.4) is 0 Å². The van der Waals surface area contributed by atoms with Crippen molar-refractivity contribution < 1.29 is 23.1 Å². The van der Waals surface area contributed by atoms with E-state index in [0.29, 0.717) is 17.4 Å². The molecule has 2 heterocycles. The van der Waals surface area contributed by atoms with Gasteiger partial charge in [-0.25, -0.2) is 10.1 Å². The van der Waals surface area contributed by atoms with E-state index in [1.54, 1.807) is 0 Å². The number of nitrogens with zero attached hydrogens (tertiary/aromatic N) is 2. The third kappa shape index (κ3) is 2.74. The van der Waals surface area contributed by atoms with Crippen LogP contribution < -0.4 is 0 Å². The van der Waals surface area contributed by atoms with Gasteiger partial charge < -0.3 is 4.74 Å². The lowest BCUT2D eigenvalue weighted by atomic mass is 9.80. The molecule has 0 spiro atoms. The molecule has 3 aliphatic rings. The Balaban J connectivity index is 1.90. The number of rotatable bonds is 4. The van der Waals surface area contributed by atoms with Crippen LogP contribution in [0, 0.1) is 5.92 Å². The fourth-order valence-electron chi connectivity index (χ4n) is 3.35. The van der Waals surface area contributed by atoms with Crippen molar-refractivity contribution in [1.82, 2.24) is 5.06 Å². The fourth-order valence-corrected chi connectivity index (χ4v) is 3.52. The maximum absolute atomic E-state index is 14.5. The Kier molecular flexibility index (Phi) is 4.13. The van der Waals surface area contributed by atoms with Crippen molar-refractivity contribution in [2.45, 2.75) is 31.0 Å². The van der Waals surface area contributed by atoms with E-state index in [2.05, 4.69) is 4.99 Å². The Morgan fingerprint density at radius 1 is 1.35 bits per heavy atom. The number of aliphatic imine (C=N–C) groups is 1. The number of allylic oxidation sites excluding steroid dienone is 2. The SMILES string of the molecule is ON1C=CC=C2C1=Nc1ccc(Cl)cc1C2(OCCC1CC1)C(F)(F)F. The van der Waals surface area contributed by atoms with Crippen LogP contribution in [0.25, 0.3) is 0 Å². The molecule has 0 aromatic heterocycles. The monoisotopic (exact) mass is 384 g/mol. The molecule has 0 amide bonds. The van der Waals surface area contributed by atoms with Gasteiger partial charge >= 0.3 is 6.18 Å². The Morgan fingerprint density at radius 2 is 2.12 bits per heavy atom. The van der Waals surface area contributed by atoms with Gasteiger partial charge in [0.15, 0.2) is 5.84 Å². The van der Waals surface area contributed by atoms with E-state index in [1.807, 2.05) is 0 Å². The highest BCUT2D eigenvalue weighted by Crippen LogP contribution is 2.54. The molecule has 1 saturated carbocycles. The number of hydroxylamine groups is 2. The summed E-state index contributed by atoms with van der Waals surface area (Å²) in [6.07, 6.45) is 1.67. The number of hydrogen-bond acceptors (Lipinski definition) is 4. The van der Waals surface area contributed by atoms with Crippen LogP contribution in [-0.4, -0.2) is 28.9 Å². The van der Waals surface area contributed by atoms with Gasteiger partial charge in [0.2, 0.25) is 5.60 Å². The van der Waals surface area contributed by atoms with E-state index in [4.69, 9.17) is 16.3 Å². The first kappa shape index (κ1) is 17.6.